The normalized spacial score (nSPS) is 19.2. The average molecular weight is 344 g/mol. The summed E-state index contributed by atoms with van der Waals surface area (Å²) in [4.78, 5) is 15.0. The summed E-state index contributed by atoms with van der Waals surface area (Å²) in [6.45, 7) is 0.724. The third-order valence-electron chi connectivity index (χ3n) is 5.06. The molecule has 1 atom stereocenters. The van der Waals surface area contributed by atoms with Crippen LogP contribution in [0.4, 0.5) is 5.69 Å². The molecule has 26 heavy (non-hydrogen) atoms. The summed E-state index contributed by atoms with van der Waals surface area (Å²) in [5.74, 6) is 0.114. The first-order valence-corrected chi connectivity index (χ1v) is 9.04. The van der Waals surface area contributed by atoms with Crippen LogP contribution in [0.25, 0.3) is 0 Å². The second-order valence-electron chi connectivity index (χ2n) is 6.99. The molecular weight excluding hydrogens is 324 g/mol. The van der Waals surface area contributed by atoms with E-state index in [1.165, 1.54) is 5.56 Å². The predicted octanol–water partition coefficient (Wildman–Crippen LogP) is 3.66. The lowest BCUT2D eigenvalue weighted by Gasteiger charge is -2.37. The van der Waals surface area contributed by atoms with Crippen LogP contribution in [0.5, 0.6) is 0 Å². The topological polar surface area (TPSA) is 50.2 Å². The highest BCUT2D eigenvalue weighted by atomic mass is 16.2. The van der Waals surface area contributed by atoms with Gasteiger partial charge in [0.1, 0.15) is 6.17 Å². The molecule has 1 aromatic heterocycles. The first kappa shape index (κ1) is 15.2. The van der Waals surface area contributed by atoms with Crippen LogP contribution in [0.2, 0.25) is 0 Å². The van der Waals surface area contributed by atoms with Crippen molar-refractivity contribution >= 4 is 11.6 Å². The van der Waals surface area contributed by atoms with Crippen LogP contribution in [0.15, 0.2) is 67.0 Å². The van der Waals surface area contributed by atoms with Crippen LogP contribution in [0.1, 0.15) is 40.5 Å². The van der Waals surface area contributed by atoms with Crippen molar-refractivity contribution in [1.82, 2.24) is 14.7 Å². The number of amides is 1. The molecule has 1 saturated carbocycles. The SMILES string of the molecule is O=C1c2ccccc2N[C@H](c2cnn(Cc3ccccc3)c2)N1C1CC1. The van der Waals surface area contributed by atoms with Gasteiger partial charge in [0.15, 0.2) is 0 Å². The molecule has 5 heteroatoms. The third kappa shape index (κ3) is 2.65. The fourth-order valence-electron chi connectivity index (χ4n) is 3.62. The maximum absolute atomic E-state index is 13.0. The van der Waals surface area contributed by atoms with Gasteiger partial charge in [-0.25, -0.2) is 0 Å². The molecule has 5 rings (SSSR count). The molecule has 2 heterocycles. The largest absolute Gasteiger partial charge is 0.361 e. The molecule has 3 aromatic rings. The molecule has 1 N–H and O–H groups in total. The van der Waals surface area contributed by atoms with Crippen molar-refractivity contribution in [1.29, 1.82) is 0 Å². The summed E-state index contributed by atoms with van der Waals surface area (Å²) < 4.78 is 1.93. The van der Waals surface area contributed by atoms with Crippen molar-refractivity contribution in [2.45, 2.75) is 31.6 Å². The van der Waals surface area contributed by atoms with E-state index in [9.17, 15) is 4.79 Å². The number of para-hydroxylation sites is 1. The number of hydrogen-bond acceptors (Lipinski definition) is 3. The summed E-state index contributed by atoms with van der Waals surface area (Å²) in [5.41, 5.74) is 3.89. The van der Waals surface area contributed by atoms with E-state index >= 15 is 0 Å². The molecule has 0 radical (unpaired) electrons. The zero-order valence-corrected chi connectivity index (χ0v) is 14.4. The predicted molar refractivity (Wildman–Crippen MR) is 99.8 cm³/mol. The second kappa shape index (κ2) is 6.02. The van der Waals surface area contributed by atoms with Gasteiger partial charge in [-0.2, -0.15) is 5.10 Å². The van der Waals surface area contributed by atoms with E-state index in [0.29, 0.717) is 6.04 Å². The Morgan fingerprint density at radius 3 is 2.62 bits per heavy atom. The molecule has 1 fully saturated rings. The molecule has 1 amide bonds. The van der Waals surface area contributed by atoms with Gasteiger partial charge in [-0.05, 0) is 30.5 Å². The average Bonchev–Trinajstić information content (AvgIpc) is 3.41. The van der Waals surface area contributed by atoms with E-state index in [4.69, 9.17) is 0 Å². The quantitative estimate of drug-likeness (QED) is 0.786. The first-order chi connectivity index (χ1) is 12.8. The van der Waals surface area contributed by atoms with E-state index < -0.39 is 0 Å². The number of nitrogens with one attached hydrogen (secondary N) is 1. The molecule has 2 aromatic carbocycles. The minimum atomic E-state index is -0.158. The summed E-state index contributed by atoms with van der Waals surface area (Å²) in [7, 11) is 0. The van der Waals surface area contributed by atoms with E-state index in [2.05, 4.69) is 22.5 Å². The number of anilines is 1. The van der Waals surface area contributed by atoms with Gasteiger partial charge in [-0.3, -0.25) is 9.48 Å². The minimum absolute atomic E-state index is 0.114. The highest BCUT2D eigenvalue weighted by Gasteiger charge is 2.42. The number of carbonyl (C=O) groups excluding carboxylic acids is 1. The summed E-state index contributed by atoms with van der Waals surface area (Å²) in [6, 6.07) is 18.3. The maximum Gasteiger partial charge on any atom is 0.258 e. The van der Waals surface area contributed by atoms with Crippen LogP contribution in [0, 0.1) is 0 Å². The Morgan fingerprint density at radius 1 is 1.04 bits per heavy atom. The van der Waals surface area contributed by atoms with E-state index in [-0.39, 0.29) is 12.1 Å². The van der Waals surface area contributed by atoms with Crippen molar-refractivity contribution in [2.75, 3.05) is 5.32 Å². The van der Waals surface area contributed by atoms with Crippen LogP contribution >= 0.6 is 0 Å². The van der Waals surface area contributed by atoms with Crippen LogP contribution in [-0.4, -0.2) is 26.6 Å². The Morgan fingerprint density at radius 2 is 1.81 bits per heavy atom. The Balaban J connectivity index is 1.46. The molecule has 0 bridgehead atoms. The molecule has 5 nitrogen and oxygen atoms in total. The van der Waals surface area contributed by atoms with Gasteiger partial charge >= 0.3 is 0 Å². The van der Waals surface area contributed by atoms with Gasteiger partial charge in [-0.15, -0.1) is 0 Å². The highest BCUT2D eigenvalue weighted by Crippen LogP contribution is 2.40. The molecule has 0 unspecified atom stereocenters. The van der Waals surface area contributed by atoms with Crippen LogP contribution in [0.3, 0.4) is 0 Å². The van der Waals surface area contributed by atoms with Crippen LogP contribution < -0.4 is 5.32 Å². The Kier molecular flexibility index (Phi) is 3.52. The molecule has 0 saturated heterocycles. The zero-order chi connectivity index (χ0) is 17.5. The lowest BCUT2D eigenvalue weighted by Crippen LogP contribution is -2.44. The van der Waals surface area contributed by atoms with E-state index in [1.54, 1.807) is 0 Å². The smallest absolute Gasteiger partial charge is 0.258 e. The number of aromatic nitrogens is 2. The lowest BCUT2D eigenvalue weighted by molar-refractivity contribution is 0.0666. The van der Waals surface area contributed by atoms with Crippen LogP contribution in [-0.2, 0) is 6.54 Å². The Hall–Kier alpha value is -3.08. The molecule has 1 aliphatic carbocycles. The zero-order valence-electron chi connectivity index (χ0n) is 14.4. The van der Waals surface area contributed by atoms with Crippen molar-refractivity contribution in [2.24, 2.45) is 0 Å². The summed E-state index contributed by atoms with van der Waals surface area (Å²) in [6.07, 6.45) is 5.90. The van der Waals surface area contributed by atoms with Crippen molar-refractivity contribution < 1.29 is 4.79 Å². The fraction of sp³-hybridized carbons (Fsp3) is 0.238. The van der Waals surface area contributed by atoms with Gasteiger partial charge in [0.2, 0.25) is 0 Å². The molecular formula is C21H20N4O. The van der Waals surface area contributed by atoms with E-state index in [0.717, 1.165) is 36.2 Å². The first-order valence-electron chi connectivity index (χ1n) is 9.04. The number of rotatable bonds is 4. The number of fused-ring (bicyclic) bond motifs is 1. The second-order valence-corrected chi connectivity index (χ2v) is 6.99. The molecule has 130 valence electrons. The van der Waals surface area contributed by atoms with Gasteiger partial charge < -0.3 is 10.2 Å². The minimum Gasteiger partial charge on any atom is -0.361 e. The Bertz CT molecular complexity index is 945. The third-order valence-corrected chi connectivity index (χ3v) is 5.06. The highest BCUT2D eigenvalue weighted by molar-refractivity contribution is 6.02. The molecule has 2 aliphatic rings. The van der Waals surface area contributed by atoms with Crippen molar-refractivity contribution in [3.8, 4) is 0 Å². The van der Waals surface area contributed by atoms with Crippen molar-refractivity contribution in [3.63, 3.8) is 0 Å². The van der Waals surface area contributed by atoms with Gasteiger partial charge in [0.05, 0.1) is 18.3 Å². The fourth-order valence-corrected chi connectivity index (χ4v) is 3.62. The summed E-state index contributed by atoms with van der Waals surface area (Å²) in [5, 5.41) is 8.06. The standard InChI is InChI=1S/C21H20N4O/c26-21-18-8-4-5-9-19(18)23-20(25(21)17-10-11-17)16-12-22-24(14-16)13-15-6-2-1-3-7-15/h1-9,12,14,17,20,23H,10-11,13H2/t20-/m0/s1. The lowest BCUT2D eigenvalue weighted by atomic mass is 10.1. The number of benzene rings is 2. The number of carbonyl (C=O) groups is 1. The molecule has 0 spiro atoms. The Labute approximate surface area is 152 Å². The number of hydrogen-bond donors (Lipinski definition) is 1. The number of nitrogens with zero attached hydrogens (tertiary/aromatic N) is 3. The van der Waals surface area contributed by atoms with Gasteiger partial charge in [0.25, 0.3) is 5.91 Å². The summed E-state index contributed by atoms with van der Waals surface area (Å²) >= 11 is 0. The molecule has 1 aliphatic heterocycles. The van der Waals surface area contributed by atoms with Crippen molar-refractivity contribution in [3.05, 3.63) is 83.7 Å². The van der Waals surface area contributed by atoms with Gasteiger partial charge in [-0.1, -0.05) is 42.5 Å². The van der Waals surface area contributed by atoms with E-state index in [1.807, 2.05) is 64.4 Å². The maximum atomic E-state index is 13.0. The monoisotopic (exact) mass is 344 g/mol. The van der Waals surface area contributed by atoms with Gasteiger partial charge in [0, 0.05) is 23.5 Å².